The quantitative estimate of drug-likeness (QED) is 0.842. The molecule has 0 atom stereocenters. The summed E-state index contributed by atoms with van der Waals surface area (Å²) in [5.74, 6) is 0.570. The van der Waals surface area contributed by atoms with Gasteiger partial charge in [-0.1, -0.05) is 6.07 Å². The van der Waals surface area contributed by atoms with Crippen LogP contribution in [0.1, 0.15) is 25.1 Å². The van der Waals surface area contributed by atoms with Crippen molar-refractivity contribution in [3.63, 3.8) is 0 Å². The van der Waals surface area contributed by atoms with E-state index in [2.05, 4.69) is 9.97 Å². The number of hydrogen-bond donors (Lipinski definition) is 0. The number of nitrogens with zero attached hydrogens (tertiary/aromatic N) is 3. The Bertz CT molecular complexity index is 773. The van der Waals surface area contributed by atoms with E-state index in [1.165, 1.54) is 22.0 Å². The van der Waals surface area contributed by atoms with Gasteiger partial charge in [0, 0.05) is 25.1 Å². The molecule has 124 valence electrons. The van der Waals surface area contributed by atoms with Gasteiger partial charge in [0.2, 0.25) is 5.88 Å². The Balaban J connectivity index is 1.86. The summed E-state index contributed by atoms with van der Waals surface area (Å²) < 4.78 is 33.0. The summed E-state index contributed by atoms with van der Waals surface area (Å²) >= 11 is 1.24. The van der Waals surface area contributed by atoms with Crippen molar-refractivity contribution in [3.8, 4) is 5.88 Å². The first-order valence-corrected chi connectivity index (χ1v) is 9.83. The van der Waals surface area contributed by atoms with E-state index in [0.717, 1.165) is 11.3 Å². The first-order valence-electron chi connectivity index (χ1n) is 7.51. The Labute approximate surface area is 140 Å². The van der Waals surface area contributed by atoms with Gasteiger partial charge in [-0.2, -0.15) is 4.31 Å². The molecular formula is C15H19N3O3S2. The maximum atomic E-state index is 12.7. The predicted molar refractivity (Wildman–Crippen MR) is 88.3 cm³/mol. The molecule has 2 aromatic rings. The molecule has 0 N–H and O–H groups in total. The molecule has 8 heteroatoms. The van der Waals surface area contributed by atoms with Gasteiger partial charge in [0.1, 0.15) is 10.5 Å². The zero-order valence-corrected chi connectivity index (χ0v) is 14.7. The molecule has 0 radical (unpaired) electrons. The van der Waals surface area contributed by atoms with Crippen LogP contribution in [0.2, 0.25) is 0 Å². The highest BCUT2D eigenvalue weighted by Crippen LogP contribution is 2.27. The summed E-state index contributed by atoms with van der Waals surface area (Å²) in [6.07, 6.45) is 2.63. The molecule has 0 spiro atoms. The molecule has 0 aliphatic carbocycles. The molecule has 0 bridgehead atoms. The van der Waals surface area contributed by atoms with Crippen LogP contribution in [-0.2, 0) is 22.9 Å². The molecule has 6 nitrogen and oxygen atoms in total. The summed E-state index contributed by atoms with van der Waals surface area (Å²) in [7, 11) is -3.43. The minimum absolute atomic E-state index is 0.0169. The molecule has 0 saturated heterocycles. The van der Waals surface area contributed by atoms with Gasteiger partial charge in [-0.25, -0.2) is 18.4 Å². The highest BCUT2D eigenvalue weighted by atomic mass is 32.2. The third kappa shape index (κ3) is 3.39. The van der Waals surface area contributed by atoms with Crippen molar-refractivity contribution in [1.29, 1.82) is 0 Å². The van der Waals surface area contributed by atoms with Crippen molar-refractivity contribution in [2.24, 2.45) is 0 Å². The zero-order chi connectivity index (χ0) is 16.4. The van der Waals surface area contributed by atoms with Gasteiger partial charge < -0.3 is 4.74 Å². The largest absolute Gasteiger partial charge is 0.475 e. The lowest BCUT2D eigenvalue weighted by Crippen LogP contribution is -2.32. The second-order valence-corrected chi connectivity index (χ2v) is 8.72. The lowest BCUT2D eigenvalue weighted by atomic mass is 10.1. The fourth-order valence-electron chi connectivity index (χ4n) is 2.58. The van der Waals surface area contributed by atoms with Gasteiger partial charge in [-0.05, 0) is 31.7 Å². The summed E-state index contributed by atoms with van der Waals surface area (Å²) in [4.78, 5) is 8.53. The van der Waals surface area contributed by atoms with Crippen molar-refractivity contribution in [3.05, 3.63) is 35.1 Å². The first-order chi connectivity index (χ1) is 11.0. The SMILES string of the molecule is CC(C)Oc1ncnc2c1CCN(S(=O)(=O)c1cccs1)CC2. The van der Waals surface area contributed by atoms with Crippen molar-refractivity contribution >= 4 is 21.4 Å². The lowest BCUT2D eigenvalue weighted by Gasteiger charge is -2.18. The van der Waals surface area contributed by atoms with Crippen LogP contribution in [0, 0.1) is 0 Å². The Kier molecular flexibility index (Phi) is 4.65. The second kappa shape index (κ2) is 6.54. The highest BCUT2D eigenvalue weighted by Gasteiger charge is 2.29. The number of aromatic nitrogens is 2. The average Bonchev–Trinajstić information content (AvgIpc) is 2.94. The van der Waals surface area contributed by atoms with E-state index >= 15 is 0 Å². The van der Waals surface area contributed by atoms with E-state index in [1.807, 2.05) is 13.8 Å². The maximum Gasteiger partial charge on any atom is 0.252 e. The minimum atomic E-state index is -3.43. The molecule has 0 aromatic carbocycles. The van der Waals surface area contributed by atoms with Gasteiger partial charge in [-0.3, -0.25) is 0 Å². The molecular weight excluding hydrogens is 334 g/mol. The molecule has 3 heterocycles. The van der Waals surface area contributed by atoms with Gasteiger partial charge in [0.25, 0.3) is 10.0 Å². The van der Waals surface area contributed by atoms with Crippen LogP contribution < -0.4 is 4.74 Å². The summed E-state index contributed by atoms with van der Waals surface area (Å²) in [6, 6.07) is 3.40. The van der Waals surface area contributed by atoms with E-state index in [9.17, 15) is 8.42 Å². The van der Waals surface area contributed by atoms with Crippen LogP contribution in [0.3, 0.4) is 0 Å². The van der Waals surface area contributed by atoms with Crippen molar-refractivity contribution in [1.82, 2.24) is 14.3 Å². The molecule has 23 heavy (non-hydrogen) atoms. The Morgan fingerprint density at radius 3 is 2.74 bits per heavy atom. The number of thiophene rings is 1. The smallest absolute Gasteiger partial charge is 0.252 e. The number of sulfonamides is 1. The number of hydrogen-bond acceptors (Lipinski definition) is 6. The zero-order valence-electron chi connectivity index (χ0n) is 13.1. The van der Waals surface area contributed by atoms with Crippen molar-refractivity contribution in [2.45, 2.75) is 37.0 Å². The second-order valence-electron chi connectivity index (χ2n) is 5.61. The maximum absolute atomic E-state index is 12.7. The first kappa shape index (κ1) is 16.4. The molecule has 0 fully saturated rings. The van der Waals surface area contributed by atoms with Crippen LogP contribution in [0.4, 0.5) is 0 Å². The predicted octanol–water partition coefficient (Wildman–Crippen LogP) is 2.11. The third-order valence-electron chi connectivity index (χ3n) is 3.64. The van der Waals surface area contributed by atoms with Crippen LogP contribution in [0.15, 0.2) is 28.0 Å². The van der Waals surface area contributed by atoms with Gasteiger partial charge >= 0.3 is 0 Å². The Morgan fingerprint density at radius 1 is 1.26 bits per heavy atom. The fourth-order valence-corrected chi connectivity index (χ4v) is 5.16. The normalized spacial score (nSPS) is 16.1. The van der Waals surface area contributed by atoms with Gasteiger partial charge in [0.15, 0.2) is 0 Å². The molecule has 1 aliphatic rings. The lowest BCUT2D eigenvalue weighted by molar-refractivity contribution is 0.229. The van der Waals surface area contributed by atoms with Crippen LogP contribution >= 0.6 is 11.3 Å². The summed E-state index contributed by atoms with van der Waals surface area (Å²) in [5.41, 5.74) is 1.80. The van der Waals surface area contributed by atoms with E-state index in [0.29, 0.717) is 36.0 Å². The van der Waals surface area contributed by atoms with Crippen molar-refractivity contribution in [2.75, 3.05) is 13.1 Å². The molecule has 0 saturated carbocycles. The van der Waals surface area contributed by atoms with E-state index in [1.54, 1.807) is 17.5 Å². The monoisotopic (exact) mass is 353 g/mol. The molecule has 0 unspecified atom stereocenters. The van der Waals surface area contributed by atoms with E-state index in [4.69, 9.17) is 4.74 Å². The fraction of sp³-hybridized carbons (Fsp3) is 0.467. The van der Waals surface area contributed by atoms with Crippen molar-refractivity contribution < 1.29 is 13.2 Å². The standard InChI is InChI=1S/C15H19N3O3S2/c1-11(2)21-15-12-5-7-18(8-6-13(12)16-10-17-15)23(19,20)14-4-3-9-22-14/h3-4,9-11H,5-8H2,1-2H3. The minimum Gasteiger partial charge on any atom is -0.475 e. The van der Waals surface area contributed by atoms with E-state index in [-0.39, 0.29) is 6.10 Å². The number of ether oxygens (including phenoxy) is 1. The molecule has 1 aliphatic heterocycles. The van der Waals surface area contributed by atoms with Crippen LogP contribution in [0.25, 0.3) is 0 Å². The van der Waals surface area contributed by atoms with Crippen LogP contribution in [0.5, 0.6) is 5.88 Å². The van der Waals surface area contributed by atoms with Gasteiger partial charge in [0.05, 0.1) is 11.8 Å². The number of rotatable bonds is 4. The number of fused-ring (bicyclic) bond motifs is 1. The van der Waals surface area contributed by atoms with E-state index < -0.39 is 10.0 Å². The van der Waals surface area contributed by atoms with Gasteiger partial charge in [-0.15, -0.1) is 11.3 Å². The summed E-state index contributed by atoms with van der Waals surface area (Å²) in [5, 5.41) is 1.78. The molecule has 2 aromatic heterocycles. The Morgan fingerprint density at radius 2 is 2.04 bits per heavy atom. The highest BCUT2D eigenvalue weighted by molar-refractivity contribution is 7.91. The summed E-state index contributed by atoms with van der Waals surface area (Å²) in [6.45, 7) is 4.72. The average molecular weight is 353 g/mol. The Hall–Kier alpha value is -1.51. The van der Waals surface area contributed by atoms with Crippen LogP contribution in [-0.4, -0.2) is 41.9 Å². The molecule has 3 rings (SSSR count). The third-order valence-corrected chi connectivity index (χ3v) is 6.91. The topological polar surface area (TPSA) is 72.4 Å². The molecule has 0 amide bonds.